The van der Waals surface area contributed by atoms with Gasteiger partial charge < -0.3 is 10.6 Å². The van der Waals surface area contributed by atoms with E-state index in [9.17, 15) is 19.2 Å². The molecule has 7 nitrogen and oxygen atoms in total. The Morgan fingerprint density at radius 3 is 2.57 bits per heavy atom. The molecule has 1 heterocycles. The second-order valence-corrected chi connectivity index (χ2v) is 6.20. The van der Waals surface area contributed by atoms with Crippen LogP contribution in [0.4, 0.5) is 10.5 Å². The smallest absolute Gasteiger partial charge is 0.313 e. The SMILES string of the molecule is O=C(NCCN1C(=O)CSC1=O)C(=O)Nc1ccc(Cl)cc1Cl. The second kappa shape index (κ2) is 7.67. The van der Waals surface area contributed by atoms with E-state index in [1.54, 1.807) is 0 Å². The Morgan fingerprint density at radius 1 is 1.22 bits per heavy atom. The van der Waals surface area contributed by atoms with Gasteiger partial charge in [-0.2, -0.15) is 0 Å². The highest BCUT2D eigenvalue weighted by atomic mass is 35.5. The molecule has 0 aliphatic carbocycles. The van der Waals surface area contributed by atoms with E-state index in [4.69, 9.17) is 23.2 Å². The van der Waals surface area contributed by atoms with Gasteiger partial charge in [0, 0.05) is 18.1 Å². The zero-order chi connectivity index (χ0) is 17.0. The van der Waals surface area contributed by atoms with Crippen LogP contribution in [-0.4, -0.2) is 46.7 Å². The first kappa shape index (κ1) is 17.6. The summed E-state index contributed by atoms with van der Waals surface area (Å²) in [5, 5.41) is 4.90. The van der Waals surface area contributed by atoms with E-state index in [1.165, 1.54) is 18.2 Å². The van der Waals surface area contributed by atoms with Crippen molar-refractivity contribution in [2.24, 2.45) is 0 Å². The standard InChI is InChI=1S/C13H11Cl2N3O4S/c14-7-1-2-9(8(15)5-7)17-12(21)11(20)16-3-4-18-10(19)6-23-13(18)22/h1-2,5H,3-4,6H2,(H,16,20)(H,17,21). The van der Waals surface area contributed by atoms with Crippen molar-refractivity contribution in [3.05, 3.63) is 28.2 Å². The highest BCUT2D eigenvalue weighted by molar-refractivity contribution is 8.14. The van der Waals surface area contributed by atoms with Crippen molar-refractivity contribution in [3.63, 3.8) is 0 Å². The van der Waals surface area contributed by atoms with Crippen molar-refractivity contribution in [1.82, 2.24) is 10.2 Å². The lowest BCUT2D eigenvalue weighted by atomic mass is 10.3. The Balaban J connectivity index is 1.82. The molecular weight excluding hydrogens is 365 g/mol. The van der Waals surface area contributed by atoms with E-state index in [-0.39, 0.29) is 40.7 Å². The van der Waals surface area contributed by atoms with Gasteiger partial charge in [-0.15, -0.1) is 0 Å². The monoisotopic (exact) mass is 375 g/mol. The fourth-order valence-electron chi connectivity index (χ4n) is 1.73. The van der Waals surface area contributed by atoms with Crippen LogP contribution in [0.15, 0.2) is 18.2 Å². The number of rotatable bonds is 4. The number of carbonyl (C=O) groups excluding carboxylic acids is 4. The molecular formula is C13H11Cl2N3O4S. The first-order chi connectivity index (χ1) is 10.9. The first-order valence-corrected chi connectivity index (χ1v) is 8.14. The molecule has 0 unspecified atom stereocenters. The molecule has 1 aromatic rings. The van der Waals surface area contributed by atoms with Crippen LogP contribution in [0, 0.1) is 0 Å². The molecule has 10 heteroatoms. The van der Waals surface area contributed by atoms with Crippen LogP contribution in [0.25, 0.3) is 0 Å². The van der Waals surface area contributed by atoms with Crippen LogP contribution in [0.5, 0.6) is 0 Å². The van der Waals surface area contributed by atoms with Crippen molar-refractivity contribution in [3.8, 4) is 0 Å². The molecule has 23 heavy (non-hydrogen) atoms. The van der Waals surface area contributed by atoms with Gasteiger partial charge in [-0.1, -0.05) is 35.0 Å². The minimum Gasteiger partial charge on any atom is -0.346 e. The summed E-state index contributed by atoms with van der Waals surface area (Å²) in [6, 6.07) is 4.41. The normalized spacial score (nSPS) is 14.1. The van der Waals surface area contributed by atoms with Gasteiger partial charge in [0.25, 0.3) is 5.24 Å². The average Bonchev–Trinajstić information content (AvgIpc) is 2.81. The molecule has 122 valence electrons. The van der Waals surface area contributed by atoms with Gasteiger partial charge in [0.05, 0.1) is 16.5 Å². The van der Waals surface area contributed by atoms with Crippen LogP contribution in [0.3, 0.4) is 0 Å². The maximum atomic E-state index is 11.7. The lowest BCUT2D eigenvalue weighted by Gasteiger charge is -2.13. The van der Waals surface area contributed by atoms with Gasteiger partial charge in [-0.25, -0.2) is 0 Å². The number of anilines is 1. The summed E-state index contributed by atoms with van der Waals surface area (Å²) in [5.41, 5.74) is 0.248. The number of carbonyl (C=O) groups is 4. The summed E-state index contributed by atoms with van der Waals surface area (Å²) in [4.78, 5) is 47.2. The molecule has 1 aliphatic rings. The molecule has 1 aromatic carbocycles. The molecule has 1 aliphatic heterocycles. The number of nitrogens with one attached hydrogen (secondary N) is 2. The molecule has 0 radical (unpaired) electrons. The molecule has 0 bridgehead atoms. The van der Waals surface area contributed by atoms with Gasteiger partial charge in [-0.05, 0) is 18.2 Å². The van der Waals surface area contributed by atoms with E-state index in [0.717, 1.165) is 16.7 Å². The molecule has 1 fully saturated rings. The van der Waals surface area contributed by atoms with E-state index in [1.807, 2.05) is 0 Å². The highest BCUT2D eigenvalue weighted by Gasteiger charge is 2.29. The molecule has 0 atom stereocenters. The van der Waals surface area contributed by atoms with Crippen molar-refractivity contribution >= 4 is 63.6 Å². The third-order valence-electron chi connectivity index (χ3n) is 2.85. The minimum atomic E-state index is -0.914. The largest absolute Gasteiger partial charge is 0.346 e. The van der Waals surface area contributed by atoms with Crippen LogP contribution >= 0.6 is 35.0 Å². The van der Waals surface area contributed by atoms with Gasteiger partial charge in [0.2, 0.25) is 5.91 Å². The van der Waals surface area contributed by atoms with Crippen LogP contribution in [-0.2, 0) is 14.4 Å². The lowest BCUT2D eigenvalue weighted by molar-refractivity contribution is -0.136. The third-order valence-corrected chi connectivity index (χ3v) is 4.25. The summed E-state index contributed by atoms with van der Waals surface area (Å²) in [6.07, 6.45) is 0. The number of halogens is 2. The number of imide groups is 1. The Labute approximate surface area is 145 Å². The fraction of sp³-hybridized carbons (Fsp3) is 0.231. The average molecular weight is 376 g/mol. The Hall–Kier alpha value is -1.77. The topological polar surface area (TPSA) is 95.6 Å². The Bertz CT molecular complexity index is 667. The van der Waals surface area contributed by atoms with Gasteiger partial charge in [-0.3, -0.25) is 24.1 Å². The van der Waals surface area contributed by atoms with Crippen LogP contribution in [0.2, 0.25) is 10.0 Å². The lowest BCUT2D eigenvalue weighted by Crippen LogP contribution is -2.41. The summed E-state index contributed by atoms with van der Waals surface area (Å²) in [6.45, 7) is 0.00400. The molecule has 2 rings (SSSR count). The zero-order valence-electron chi connectivity index (χ0n) is 11.6. The Morgan fingerprint density at radius 2 is 1.96 bits per heavy atom. The quantitative estimate of drug-likeness (QED) is 0.781. The van der Waals surface area contributed by atoms with E-state index < -0.39 is 11.8 Å². The summed E-state index contributed by atoms with van der Waals surface area (Å²) in [7, 11) is 0. The first-order valence-electron chi connectivity index (χ1n) is 6.40. The second-order valence-electron chi connectivity index (χ2n) is 4.43. The molecule has 2 N–H and O–H groups in total. The fourth-order valence-corrected chi connectivity index (χ4v) is 2.94. The van der Waals surface area contributed by atoms with E-state index in [2.05, 4.69) is 10.6 Å². The Kier molecular flexibility index (Phi) is 5.86. The maximum absolute atomic E-state index is 11.7. The number of benzene rings is 1. The van der Waals surface area contributed by atoms with Crippen molar-refractivity contribution in [2.75, 3.05) is 24.2 Å². The highest BCUT2D eigenvalue weighted by Crippen LogP contribution is 2.25. The number of hydrogen-bond acceptors (Lipinski definition) is 5. The predicted octanol–water partition coefficient (Wildman–Crippen LogP) is 1.74. The summed E-state index contributed by atoms with van der Waals surface area (Å²) in [5.74, 6) is -2.03. The summed E-state index contributed by atoms with van der Waals surface area (Å²) >= 11 is 12.5. The summed E-state index contributed by atoms with van der Waals surface area (Å²) < 4.78 is 0. The number of hydrogen-bond donors (Lipinski definition) is 2. The molecule has 1 saturated heterocycles. The van der Waals surface area contributed by atoms with Gasteiger partial charge in [0.15, 0.2) is 0 Å². The number of amides is 4. The molecule has 4 amide bonds. The minimum absolute atomic E-state index is 0.0152. The zero-order valence-corrected chi connectivity index (χ0v) is 13.9. The maximum Gasteiger partial charge on any atom is 0.313 e. The van der Waals surface area contributed by atoms with Crippen molar-refractivity contribution in [2.45, 2.75) is 0 Å². The van der Waals surface area contributed by atoms with Crippen LogP contribution in [0.1, 0.15) is 0 Å². The van der Waals surface area contributed by atoms with Crippen molar-refractivity contribution in [1.29, 1.82) is 0 Å². The molecule has 0 aromatic heterocycles. The molecule has 0 spiro atoms. The van der Waals surface area contributed by atoms with E-state index in [0.29, 0.717) is 5.02 Å². The number of nitrogens with zero attached hydrogens (tertiary/aromatic N) is 1. The van der Waals surface area contributed by atoms with E-state index >= 15 is 0 Å². The third kappa shape index (κ3) is 4.60. The van der Waals surface area contributed by atoms with Gasteiger partial charge in [0.1, 0.15) is 0 Å². The van der Waals surface area contributed by atoms with Crippen LogP contribution < -0.4 is 10.6 Å². The van der Waals surface area contributed by atoms with Crippen molar-refractivity contribution < 1.29 is 19.2 Å². The number of thioether (sulfide) groups is 1. The van der Waals surface area contributed by atoms with Gasteiger partial charge >= 0.3 is 11.8 Å². The predicted molar refractivity (Wildman–Crippen MR) is 87.7 cm³/mol. The molecule has 0 saturated carbocycles.